The van der Waals surface area contributed by atoms with Gasteiger partial charge in [-0.25, -0.2) is 0 Å². The zero-order valence-corrected chi connectivity index (χ0v) is 12.4. The molecule has 0 N–H and O–H groups in total. The largest absolute Gasteiger partial charge is 0.297 e. The molecule has 18 heavy (non-hydrogen) atoms. The first-order chi connectivity index (χ1) is 8.83. The molecule has 100 valence electrons. The summed E-state index contributed by atoms with van der Waals surface area (Å²) in [7, 11) is 0.219. The summed E-state index contributed by atoms with van der Waals surface area (Å²) in [6.45, 7) is 4.44. The smallest absolute Gasteiger partial charge is 0.198 e. The third-order valence-corrected chi connectivity index (χ3v) is 5.86. The average Bonchev–Trinajstić information content (AvgIpc) is 2.43. The maximum atomic E-state index is 11.5. The lowest BCUT2D eigenvalue weighted by atomic mass is 10.2. The zero-order valence-electron chi connectivity index (χ0n) is 11.6. The first-order valence-electron chi connectivity index (χ1n) is 7.00. The molecule has 0 saturated heterocycles. The highest BCUT2D eigenvalue weighted by molar-refractivity contribution is 7.97. The lowest BCUT2D eigenvalue weighted by molar-refractivity contribution is -0.107. The van der Waals surface area contributed by atoms with Gasteiger partial charge in [0.05, 0.1) is 0 Å². The molecule has 1 unspecified atom stereocenters. The molecule has 1 nitrogen and oxygen atoms in total. The van der Waals surface area contributed by atoms with E-state index < -0.39 is 0 Å². The third kappa shape index (κ3) is 4.85. The molecule has 0 aliphatic rings. The molecule has 1 aromatic carbocycles. The molecule has 1 rings (SSSR count). The van der Waals surface area contributed by atoms with Crippen LogP contribution >= 0.6 is 0 Å². The van der Waals surface area contributed by atoms with Gasteiger partial charge in [-0.05, 0) is 12.8 Å². The second kappa shape index (κ2) is 9.21. The number of hydrogen-bond acceptors (Lipinski definition) is 1. The fourth-order valence-electron chi connectivity index (χ4n) is 2.01. The van der Waals surface area contributed by atoms with Crippen LogP contribution in [-0.4, -0.2) is 17.8 Å². The summed E-state index contributed by atoms with van der Waals surface area (Å²) in [5, 5.41) is 0.115. The Bertz CT molecular complexity index is 315. The Morgan fingerprint density at radius 1 is 1.06 bits per heavy atom. The van der Waals surface area contributed by atoms with E-state index in [-0.39, 0.29) is 16.1 Å². The summed E-state index contributed by atoms with van der Waals surface area (Å²) in [5.41, 5.74) is 1.20. The van der Waals surface area contributed by atoms with Gasteiger partial charge in [0.1, 0.15) is 11.5 Å². The second-order valence-electron chi connectivity index (χ2n) is 4.62. The highest BCUT2D eigenvalue weighted by Gasteiger charge is 2.30. The number of rotatable bonds is 9. The van der Waals surface area contributed by atoms with Crippen LogP contribution in [0.3, 0.4) is 0 Å². The molecule has 0 fully saturated rings. The van der Waals surface area contributed by atoms with Gasteiger partial charge in [0, 0.05) is 16.5 Å². The highest BCUT2D eigenvalue weighted by atomic mass is 32.2. The molecule has 2 heteroatoms. The van der Waals surface area contributed by atoms with Crippen LogP contribution in [-0.2, 0) is 15.7 Å². The maximum absolute atomic E-state index is 11.5. The van der Waals surface area contributed by atoms with E-state index in [0.717, 1.165) is 0 Å². The van der Waals surface area contributed by atoms with Crippen molar-refractivity contribution in [2.45, 2.75) is 44.8 Å². The zero-order chi connectivity index (χ0) is 13.2. The van der Waals surface area contributed by atoms with Crippen molar-refractivity contribution in [2.75, 3.05) is 11.5 Å². The topological polar surface area (TPSA) is 17.1 Å². The average molecular weight is 265 g/mol. The quantitative estimate of drug-likeness (QED) is 0.484. The van der Waals surface area contributed by atoms with Crippen LogP contribution in [0.25, 0.3) is 0 Å². The number of carbonyl (C=O) groups excluding carboxylic acids is 1. The lowest BCUT2D eigenvalue weighted by Crippen LogP contribution is -2.22. The molecule has 0 amide bonds. The highest BCUT2D eigenvalue weighted by Crippen LogP contribution is 2.25. The van der Waals surface area contributed by atoms with Crippen molar-refractivity contribution < 1.29 is 4.79 Å². The summed E-state index contributed by atoms with van der Waals surface area (Å²) >= 11 is 0. The number of aldehydes is 1. The predicted molar refractivity (Wildman–Crippen MR) is 82.2 cm³/mol. The van der Waals surface area contributed by atoms with Crippen LogP contribution in [0.4, 0.5) is 0 Å². The van der Waals surface area contributed by atoms with E-state index in [1.54, 1.807) is 0 Å². The SMILES string of the molecule is CCCC[S+](CCCC)C(C=O)c1ccccc1. The number of hydrogen-bond donors (Lipinski definition) is 0. The Balaban J connectivity index is 2.75. The molecular formula is C16H25OS+. The molecule has 0 aromatic heterocycles. The molecule has 0 saturated carbocycles. The summed E-state index contributed by atoms with van der Waals surface area (Å²) in [5.74, 6) is 2.41. The summed E-state index contributed by atoms with van der Waals surface area (Å²) < 4.78 is 0. The van der Waals surface area contributed by atoms with E-state index in [9.17, 15) is 4.79 Å². The van der Waals surface area contributed by atoms with Gasteiger partial charge >= 0.3 is 0 Å². The molecule has 0 radical (unpaired) electrons. The molecule has 1 atom stereocenters. The van der Waals surface area contributed by atoms with Crippen molar-refractivity contribution in [1.82, 2.24) is 0 Å². The Kier molecular flexibility index (Phi) is 7.83. The van der Waals surface area contributed by atoms with Gasteiger partial charge in [0.2, 0.25) is 0 Å². The van der Waals surface area contributed by atoms with Crippen molar-refractivity contribution in [3.8, 4) is 0 Å². The maximum Gasteiger partial charge on any atom is 0.198 e. The van der Waals surface area contributed by atoms with Gasteiger partial charge in [-0.1, -0.05) is 57.0 Å². The van der Waals surface area contributed by atoms with E-state index >= 15 is 0 Å². The fourth-order valence-corrected chi connectivity index (χ4v) is 4.74. The van der Waals surface area contributed by atoms with E-state index in [2.05, 4.69) is 26.0 Å². The number of benzene rings is 1. The van der Waals surface area contributed by atoms with Gasteiger partial charge in [-0.2, -0.15) is 0 Å². The minimum absolute atomic E-state index is 0.115. The predicted octanol–water partition coefficient (Wildman–Crippen LogP) is 4.15. The van der Waals surface area contributed by atoms with E-state index in [4.69, 9.17) is 0 Å². The fraction of sp³-hybridized carbons (Fsp3) is 0.562. The van der Waals surface area contributed by atoms with Gasteiger partial charge in [-0.15, -0.1) is 0 Å². The van der Waals surface area contributed by atoms with E-state index in [1.165, 1.54) is 49.0 Å². The standard InChI is InChI=1S/C16H25OS/c1-3-5-12-18(13-6-4-2)16(14-17)15-10-8-7-9-11-15/h7-11,14,16H,3-6,12-13H2,1-2H3/q+1. The third-order valence-electron chi connectivity index (χ3n) is 3.13. The van der Waals surface area contributed by atoms with Crippen molar-refractivity contribution in [1.29, 1.82) is 0 Å². The molecule has 0 bridgehead atoms. The van der Waals surface area contributed by atoms with Crippen molar-refractivity contribution in [3.05, 3.63) is 35.9 Å². The van der Waals surface area contributed by atoms with Gasteiger partial charge in [0.15, 0.2) is 11.5 Å². The van der Waals surface area contributed by atoms with Crippen molar-refractivity contribution in [3.63, 3.8) is 0 Å². The van der Waals surface area contributed by atoms with Gasteiger partial charge < -0.3 is 0 Å². The molecule has 1 aromatic rings. The summed E-state index contributed by atoms with van der Waals surface area (Å²) in [6, 6.07) is 10.3. The number of carbonyl (C=O) groups is 1. The molecule has 0 aliphatic carbocycles. The molecular weight excluding hydrogens is 240 g/mol. The van der Waals surface area contributed by atoms with E-state index in [1.807, 2.05) is 18.2 Å². The Morgan fingerprint density at radius 3 is 2.06 bits per heavy atom. The van der Waals surface area contributed by atoms with Crippen LogP contribution in [0, 0.1) is 0 Å². The summed E-state index contributed by atoms with van der Waals surface area (Å²) in [4.78, 5) is 11.5. The van der Waals surface area contributed by atoms with Gasteiger partial charge in [0.25, 0.3) is 0 Å². The normalized spacial score (nSPS) is 12.6. The van der Waals surface area contributed by atoms with Crippen LogP contribution < -0.4 is 0 Å². The first-order valence-corrected chi connectivity index (χ1v) is 8.62. The van der Waals surface area contributed by atoms with E-state index in [0.29, 0.717) is 0 Å². The summed E-state index contributed by atoms with van der Waals surface area (Å²) in [6.07, 6.45) is 6.09. The molecule has 0 aliphatic heterocycles. The van der Waals surface area contributed by atoms with Crippen LogP contribution in [0.5, 0.6) is 0 Å². The first kappa shape index (κ1) is 15.3. The Morgan fingerprint density at radius 2 is 1.61 bits per heavy atom. The van der Waals surface area contributed by atoms with Crippen LogP contribution in [0.15, 0.2) is 30.3 Å². The van der Waals surface area contributed by atoms with Crippen molar-refractivity contribution >= 4 is 17.2 Å². The molecule has 0 heterocycles. The molecule has 0 spiro atoms. The van der Waals surface area contributed by atoms with Crippen LogP contribution in [0.1, 0.15) is 50.3 Å². The second-order valence-corrected chi connectivity index (χ2v) is 7.02. The van der Waals surface area contributed by atoms with Gasteiger partial charge in [-0.3, -0.25) is 4.79 Å². The number of unbranched alkanes of at least 4 members (excludes halogenated alkanes) is 2. The minimum Gasteiger partial charge on any atom is -0.297 e. The Labute approximate surface area is 114 Å². The monoisotopic (exact) mass is 265 g/mol. The Hall–Kier alpha value is -0.760. The minimum atomic E-state index is 0.115. The van der Waals surface area contributed by atoms with Crippen molar-refractivity contribution in [2.24, 2.45) is 0 Å². The van der Waals surface area contributed by atoms with Crippen LogP contribution in [0.2, 0.25) is 0 Å². The lowest BCUT2D eigenvalue weighted by Gasteiger charge is -2.15.